The number of benzene rings is 1. The summed E-state index contributed by atoms with van der Waals surface area (Å²) in [7, 11) is -4.09. The number of hydrogen-bond acceptors (Lipinski definition) is 4. The van der Waals surface area contributed by atoms with Crippen LogP contribution in [0.5, 0.6) is 0 Å². The highest BCUT2D eigenvalue weighted by molar-refractivity contribution is 7.92. The Morgan fingerprint density at radius 3 is 2.55 bits per heavy atom. The molecule has 5 nitrogen and oxygen atoms in total. The molecule has 0 unspecified atom stereocenters. The van der Waals surface area contributed by atoms with Crippen molar-refractivity contribution in [3.63, 3.8) is 0 Å². The highest BCUT2D eigenvalue weighted by atomic mass is 32.2. The van der Waals surface area contributed by atoms with Crippen LogP contribution >= 0.6 is 0 Å². The van der Waals surface area contributed by atoms with E-state index in [0.29, 0.717) is 5.56 Å². The smallest absolute Gasteiger partial charge is 0.279 e. The van der Waals surface area contributed by atoms with Crippen LogP contribution in [-0.2, 0) is 16.6 Å². The maximum atomic E-state index is 13.4. The van der Waals surface area contributed by atoms with Gasteiger partial charge in [-0.3, -0.25) is 4.72 Å². The second-order valence-electron chi connectivity index (χ2n) is 3.94. The van der Waals surface area contributed by atoms with Crippen LogP contribution < -0.4 is 10.5 Å². The second-order valence-corrected chi connectivity index (χ2v) is 5.57. The number of pyridine rings is 1. The molecule has 3 N–H and O–H groups in total. The fourth-order valence-electron chi connectivity index (χ4n) is 1.46. The number of nitrogens with zero attached hydrogens (tertiary/aromatic N) is 1. The molecular weight excluding hydrogens is 288 g/mol. The molecule has 0 atom stereocenters. The lowest BCUT2D eigenvalue weighted by molar-refractivity contribution is 0.592. The van der Waals surface area contributed by atoms with Gasteiger partial charge in [0, 0.05) is 18.8 Å². The zero-order valence-corrected chi connectivity index (χ0v) is 11.0. The Morgan fingerprint density at radius 1 is 1.20 bits per heavy atom. The Bertz CT molecular complexity index is 718. The third-order valence-electron chi connectivity index (χ3n) is 2.48. The molecule has 0 amide bonds. The largest absolute Gasteiger partial charge is 0.326 e. The molecule has 20 heavy (non-hydrogen) atoms. The van der Waals surface area contributed by atoms with Crippen LogP contribution in [0.4, 0.5) is 14.5 Å². The zero-order valence-electron chi connectivity index (χ0n) is 10.2. The molecular formula is C12H11F2N3O2S. The molecule has 2 aromatic rings. The standard InChI is InChI=1S/C12H11F2N3O2S/c13-9-2-3-10(14)11(5-9)17-20(18,19)12-4-1-8(6-15)7-16-12/h1-5,7,17H,6,15H2. The van der Waals surface area contributed by atoms with Crippen LogP contribution in [0.2, 0.25) is 0 Å². The number of halogens is 2. The van der Waals surface area contributed by atoms with Gasteiger partial charge in [-0.25, -0.2) is 13.8 Å². The van der Waals surface area contributed by atoms with Gasteiger partial charge < -0.3 is 5.73 Å². The van der Waals surface area contributed by atoms with Crippen molar-refractivity contribution in [3.8, 4) is 0 Å². The van der Waals surface area contributed by atoms with Gasteiger partial charge in [-0.2, -0.15) is 8.42 Å². The fourth-order valence-corrected chi connectivity index (χ4v) is 2.45. The van der Waals surface area contributed by atoms with E-state index in [-0.39, 0.29) is 11.6 Å². The molecule has 1 aromatic carbocycles. The molecule has 0 bridgehead atoms. The van der Waals surface area contributed by atoms with Gasteiger partial charge in [0.2, 0.25) is 0 Å². The van der Waals surface area contributed by atoms with E-state index in [4.69, 9.17) is 5.73 Å². The first kappa shape index (κ1) is 14.4. The van der Waals surface area contributed by atoms with Crippen molar-refractivity contribution in [2.45, 2.75) is 11.6 Å². The normalized spacial score (nSPS) is 11.3. The third kappa shape index (κ3) is 3.09. The molecule has 0 aliphatic carbocycles. The van der Waals surface area contributed by atoms with Gasteiger partial charge in [0.05, 0.1) is 5.69 Å². The molecule has 0 aliphatic heterocycles. The lowest BCUT2D eigenvalue weighted by atomic mass is 10.3. The molecule has 0 aliphatic rings. The van der Waals surface area contributed by atoms with Crippen LogP contribution in [0.25, 0.3) is 0 Å². The molecule has 8 heteroatoms. The average Bonchev–Trinajstić information content (AvgIpc) is 2.43. The predicted octanol–water partition coefficient (Wildman–Crippen LogP) is 1.62. The molecule has 0 radical (unpaired) electrons. The van der Waals surface area contributed by atoms with Crippen LogP contribution in [0, 0.1) is 11.6 Å². The van der Waals surface area contributed by atoms with Gasteiger partial charge in [0.15, 0.2) is 5.03 Å². The summed E-state index contributed by atoms with van der Waals surface area (Å²) in [5, 5.41) is -0.307. The van der Waals surface area contributed by atoms with E-state index < -0.39 is 27.3 Å². The number of aromatic nitrogens is 1. The number of nitrogens with one attached hydrogen (secondary N) is 1. The number of rotatable bonds is 4. The van der Waals surface area contributed by atoms with Gasteiger partial charge in [-0.15, -0.1) is 0 Å². The SMILES string of the molecule is NCc1ccc(S(=O)(=O)Nc2cc(F)ccc2F)nc1. The highest BCUT2D eigenvalue weighted by Crippen LogP contribution is 2.19. The van der Waals surface area contributed by atoms with Gasteiger partial charge >= 0.3 is 0 Å². The number of sulfonamides is 1. The lowest BCUT2D eigenvalue weighted by Crippen LogP contribution is -2.15. The first-order chi connectivity index (χ1) is 9.42. The van der Waals surface area contributed by atoms with Crippen molar-refractivity contribution in [3.05, 3.63) is 53.7 Å². The van der Waals surface area contributed by atoms with Crippen LogP contribution in [-0.4, -0.2) is 13.4 Å². The minimum Gasteiger partial charge on any atom is -0.326 e. The van der Waals surface area contributed by atoms with Crippen LogP contribution in [0.15, 0.2) is 41.6 Å². The van der Waals surface area contributed by atoms with Crippen molar-refractivity contribution in [2.75, 3.05) is 4.72 Å². The van der Waals surface area contributed by atoms with Gasteiger partial charge in [0.1, 0.15) is 11.6 Å². The Kier molecular flexibility index (Phi) is 3.96. The summed E-state index contributed by atoms with van der Waals surface area (Å²) in [5.41, 5.74) is 5.55. The van der Waals surface area contributed by atoms with Crippen LogP contribution in [0.3, 0.4) is 0 Å². The van der Waals surface area contributed by atoms with Gasteiger partial charge in [-0.1, -0.05) is 6.07 Å². The minimum atomic E-state index is -4.09. The predicted molar refractivity (Wildman–Crippen MR) is 69.3 cm³/mol. The summed E-state index contributed by atoms with van der Waals surface area (Å²) in [6, 6.07) is 5.20. The summed E-state index contributed by atoms with van der Waals surface area (Å²) in [6.07, 6.45) is 1.30. The van der Waals surface area contributed by atoms with E-state index in [0.717, 1.165) is 18.2 Å². The Labute approximate surface area is 114 Å². The van der Waals surface area contributed by atoms with Crippen molar-refractivity contribution in [1.29, 1.82) is 0 Å². The number of hydrogen-bond donors (Lipinski definition) is 2. The van der Waals surface area contributed by atoms with E-state index in [2.05, 4.69) is 4.98 Å². The zero-order chi connectivity index (χ0) is 14.8. The fraction of sp³-hybridized carbons (Fsp3) is 0.0833. The maximum absolute atomic E-state index is 13.4. The lowest BCUT2D eigenvalue weighted by Gasteiger charge is -2.08. The Morgan fingerprint density at radius 2 is 1.95 bits per heavy atom. The van der Waals surface area contributed by atoms with Crippen LogP contribution in [0.1, 0.15) is 5.56 Å². The number of anilines is 1. The summed E-state index contributed by atoms with van der Waals surface area (Å²) >= 11 is 0. The van der Waals surface area contributed by atoms with Crippen molar-refractivity contribution >= 4 is 15.7 Å². The second kappa shape index (κ2) is 5.51. The van der Waals surface area contributed by atoms with E-state index in [1.165, 1.54) is 18.3 Å². The molecule has 0 saturated carbocycles. The summed E-state index contributed by atoms with van der Waals surface area (Å²) < 4.78 is 52.3. The monoisotopic (exact) mass is 299 g/mol. The molecule has 1 heterocycles. The molecule has 1 aromatic heterocycles. The first-order valence-corrected chi connectivity index (χ1v) is 7.03. The van der Waals surface area contributed by atoms with Crippen molar-refractivity contribution in [1.82, 2.24) is 4.98 Å². The Balaban J connectivity index is 2.32. The maximum Gasteiger partial charge on any atom is 0.279 e. The van der Waals surface area contributed by atoms with Gasteiger partial charge in [0.25, 0.3) is 10.0 Å². The van der Waals surface area contributed by atoms with E-state index in [1.807, 2.05) is 4.72 Å². The first-order valence-electron chi connectivity index (χ1n) is 5.55. The molecule has 0 saturated heterocycles. The van der Waals surface area contributed by atoms with Crippen molar-refractivity contribution < 1.29 is 17.2 Å². The van der Waals surface area contributed by atoms with E-state index in [9.17, 15) is 17.2 Å². The third-order valence-corrected chi connectivity index (χ3v) is 3.76. The number of nitrogens with two attached hydrogens (primary N) is 1. The summed E-state index contributed by atoms with van der Waals surface area (Å²) in [4.78, 5) is 3.72. The van der Waals surface area contributed by atoms with Crippen molar-refractivity contribution in [2.24, 2.45) is 5.73 Å². The Hall–Kier alpha value is -2.06. The molecule has 2 rings (SSSR count). The van der Waals surface area contributed by atoms with E-state index in [1.54, 1.807) is 0 Å². The highest BCUT2D eigenvalue weighted by Gasteiger charge is 2.18. The summed E-state index contributed by atoms with van der Waals surface area (Å²) in [6.45, 7) is 0.222. The molecule has 0 spiro atoms. The van der Waals surface area contributed by atoms with E-state index >= 15 is 0 Å². The average molecular weight is 299 g/mol. The molecule has 106 valence electrons. The summed E-state index contributed by atoms with van der Waals surface area (Å²) in [5.74, 6) is -1.64. The van der Waals surface area contributed by atoms with Gasteiger partial charge in [-0.05, 0) is 23.8 Å². The quantitative estimate of drug-likeness (QED) is 0.898. The minimum absolute atomic E-state index is 0.222. The topological polar surface area (TPSA) is 85.1 Å². The molecule has 0 fully saturated rings.